The number of halogens is 1. The number of rotatable bonds is 6. The van der Waals surface area contributed by atoms with Crippen LogP contribution in [0.4, 0.5) is 0 Å². The maximum Gasteiger partial charge on any atom is 0.333 e. The molecule has 0 fully saturated rings. The number of hydrogen-bond donors (Lipinski definition) is 2. The Bertz CT molecular complexity index is 617. The third-order valence-electron chi connectivity index (χ3n) is 3.37. The van der Waals surface area contributed by atoms with Crippen LogP contribution >= 0.6 is 11.6 Å². The Kier molecular flexibility index (Phi) is 4.79. The number of benzene rings is 1. The normalized spacial score (nSPS) is 20.1. The Morgan fingerprint density at radius 2 is 2.19 bits per heavy atom. The van der Waals surface area contributed by atoms with E-state index in [-0.39, 0.29) is 12.0 Å². The second kappa shape index (κ2) is 6.10. The second-order valence-corrected chi connectivity index (χ2v) is 6.97. The smallest absolute Gasteiger partial charge is 0.333 e. The Morgan fingerprint density at radius 3 is 2.81 bits per heavy atom. The number of hydrogen-bond acceptors (Lipinski definition) is 4. The predicted molar refractivity (Wildman–Crippen MR) is 78.9 cm³/mol. The molecule has 0 saturated carbocycles. The molecule has 0 amide bonds. The van der Waals surface area contributed by atoms with Crippen molar-refractivity contribution in [3.63, 3.8) is 0 Å². The van der Waals surface area contributed by atoms with Crippen LogP contribution in [0.2, 0.25) is 0 Å². The molecule has 0 bridgehead atoms. The fraction of sp³-hybridized carbons (Fsp3) is 0.538. The van der Waals surface area contributed by atoms with Gasteiger partial charge in [0.25, 0.3) is 0 Å². The van der Waals surface area contributed by atoms with E-state index in [1.54, 1.807) is 12.1 Å². The van der Waals surface area contributed by atoms with Gasteiger partial charge in [0.05, 0.1) is 12.0 Å². The summed E-state index contributed by atoms with van der Waals surface area (Å²) in [4.78, 5) is 0. The molecule has 0 saturated heterocycles. The van der Waals surface area contributed by atoms with E-state index in [9.17, 15) is 8.42 Å². The minimum Gasteiger partial charge on any atom is -0.464 e. The van der Waals surface area contributed by atoms with E-state index < -0.39 is 16.6 Å². The van der Waals surface area contributed by atoms with E-state index in [1.165, 1.54) is 0 Å². The highest BCUT2D eigenvalue weighted by Crippen LogP contribution is 2.43. The lowest BCUT2D eigenvalue weighted by molar-refractivity contribution is -0.0974. The average Bonchev–Trinajstić information content (AvgIpc) is 2.64. The molecule has 1 heterocycles. The molecule has 0 aromatic heterocycles. The Labute approximate surface area is 129 Å². The van der Waals surface area contributed by atoms with Gasteiger partial charge in [-0.25, -0.2) is 0 Å². The van der Waals surface area contributed by atoms with Crippen molar-refractivity contribution >= 4 is 21.9 Å². The molecule has 2 rings (SSSR count). The molecule has 0 radical (unpaired) electrons. The molecule has 1 aliphatic rings. The van der Waals surface area contributed by atoms with Gasteiger partial charge >= 0.3 is 10.3 Å². The summed E-state index contributed by atoms with van der Waals surface area (Å²) in [6.45, 7) is 4.37. The SMILES string of the molecule is CC1(C)c2cc(CNS(=O)(=O)O)ccc2OC1OCCCl. The third kappa shape index (κ3) is 3.87. The molecule has 1 unspecified atom stereocenters. The van der Waals surface area contributed by atoms with Gasteiger partial charge in [0.15, 0.2) is 0 Å². The molecule has 1 atom stereocenters. The van der Waals surface area contributed by atoms with Crippen LogP contribution < -0.4 is 9.46 Å². The first-order valence-corrected chi connectivity index (χ1v) is 8.41. The zero-order valence-corrected chi connectivity index (χ0v) is 13.4. The topological polar surface area (TPSA) is 84.9 Å². The van der Waals surface area contributed by atoms with Gasteiger partial charge in [-0.2, -0.15) is 13.1 Å². The number of fused-ring (bicyclic) bond motifs is 1. The molecule has 8 heteroatoms. The summed E-state index contributed by atoms with van der Waals surface area (Å²) in [6, 6.07) is 5.34. The van der Waals surface area contributed by atoms with Crippen molar-refractivity contribution in [1.82, 2.24) is 4.72 Å². The first-order valence-electron chi connectivity index (χ1n) is 6.44. The van der Waals surface area contributed by atoms with Crippen molar-refractivity contribution in [3.05, 3.63) is 29.3 Å². The van der Waals surface area contributed by atoms with E-state index in [4.69, 9.17) is 25.6 Å². The van der Waals surface area contributed by atoms with Gasteiger partial charge in [0.1, 0.15) is 5.75 Å². The van der Waals surface area contributed by atoms with Crippen molar-refractivity contribution in [3.8, 4) is 5.75 Å². The second-order valence-electron chi connectivity index (χ2n) is 5.36. The molecule has 1 aromatic rings. The van der Waals surface area contributed by atoms with Crippen LogP contribution in [0.1, 0.15) is 25.0 Å². The minimum absolute atomic E-state index is 0.00932. The van der Waals surface area contributed by atoms with E-state index in [1.807, 2.05) is 24.6 Å². The molecule has 6 nitrogen and oxygen atoms in total. The van der Waals surface area contributed by atoms with Gasteiger partial charge < -0.3 is 9.47 Å². The summed E-state index contributed by atoms with van der Waals surface area (Å²) in [5, 5.41) is 0. The lowest BCUT2D eigenvalue weighted by Crippen LogP contribution is -2.35. The maximum atomic E-state index is 10.7. The summed E-state index contributed by atoms with van der Waals surface area (Å²) in [5.41, 5.74) is 1.27. The summed E-state index contributed by atoms with van der Waals surface area (Å²) in [6.07, 6.45) is -0.434. The quantitative estimate of drug-likeness (QED) is 0.612. The van der Waals surface area contributed by atoms with Crippen LogP contribution in [0.15, 0.2) is 18.2 Å². The van der Waals surface area contributed by atoms with Gasteiger partial charge in [0.2, 0.25) is 6.29 Å². The van der Waals surface area contributed by atoms with Crippen molar-refractivity contribution in [2.45, 2.75) is 32.1 Å². The molecule has 2 N–H and O–H groups in total. The van der Waals surface area contributed by atoms with Gasteiger partial charge in [-0.15, -0.1) is 11.6 Å². The Morgan fingerprint density at radius 1 is 1.48 bits per heavy atom. The molecule has 1 aromatic carbocycles. The zero-order chi connectivity index (χ0) is 15.7. The fourth-order valence-corrected chi connectivity index (χ4v) is 2.69. The average molecular weight is 336 g/mol. The third-order valence-corrected chi connectivity index (χ3v) is 4.03. The molecule has 1 aliphatic heterocycles. The number of alkyl halides is 1. The van der Waals surface area contributed by atoms with Gasteiger partial charge in [-0.05, 0) is 31.5 Å². The van der Waals surface area contributed by atoms with Gasteiger partial charge in [-0.1, -0.05) is 6.07 Å². The lowest BCUT2D eigenvalue weighted by atomic mass is 9.84. The monoisotopic (exact) mass is 335 g/mol. The summed E-state index contributed by atoms with van der Waals surface area (Å²) < 4.78 is 43.6. The van der Waals surface area contributed by atoms with Crippen LogP contribution in [-0.2, 0) is 27.0 Å². The van der Waals surface area contributed by atoms with Crippen LogP contribution in [0.5, 0.6) is 5.75 Å². The van der Waals surface area contributed by atoms with Crippen molar-refractivity contribution in [2.75, 3.05) is 12.5 Å². The molecular formula is C13H18ClNO5S. The highest BCUT2D eigenvalue weighted by Gasteiger charge is 2.42. The van der Waals surface area contributed by atoms with Gasteiger partial charge in [-0.3, -0.25) is 4.55 Å². The van der Waals surface area contributed by atoms with Gasteiger partial charge in [0, 0.05) is 18.0 Å². The highest BCUT2D eigenvalue weighted by atomic mass is 35.5. The lowest BCUT2D eigenvalue weighted by Gasteiger charge is -2.25. The van der Waals surface area contributed by atoms with E-state index in [0.29, 0.717) is 18.2 Å². The standard InChI is InChI=1S/C13H18ClNO5S/c1-13(2)10-7-9(8-15-21(16,17)18)3-4-11(10)20-12(13)19-6-5-14/h3-4,7,12,15H,5-6,8H2,1-2H3,(H,16,17,18). The molecule has 118 valence electrons. The fourth-order valence-electron chi connectivity index (χ4n) is 2.25. The van der Waals surface area contributed by atoms with Crippen LogP contribution in [-0.4, -0.2) is 31.7 Å². The van der Waals surface area contributed by atoms with E-state index in [2.05, 4.69) is 0 Å². The molecular weight excluding hydrogens is 318 g/mol. The number of ether oxygens (including phenoxy) is 2. The summed E-state index contributed by atoms with van der Waals surface area (Å²) in [5.74, 6) is 1.09. The van der Waals surface area contributed by atoms with E-state index >= 15 is 0 Å². The number of nitrogens with one attached hydrogen (secondary N) is 1. The molecule has 21 heavy (non-hydrogen) atoms. The zero-order valence-electron chi connectivity index (χ0n) is 11.8. The summed E-state index contributed by atoms with van der Waals surface area (Å²) in [7, 11) is -4.21. The van der Waals surface area contributed by atoms with Crippen molar-refractivity contribution in [1.29, 1.82) is 0 Å². The van der Waals surface area contributed by atoms with Crippen LogP contribution in [0, 0.1) is 0 Å². The maximum absolute atomic E-state index is 10.7. The first kappa shape index (κ1) is 16.5. The van der Waals surface area contributed by atoms with Crippen LogP contribution in [0.3, 0.4) is 0 Å². The molecule has 0 aliphatic carbocycles. The summed E-state index contributed by atoms with van der Waals surface area (Å²) >= 11 is 5.62. The van der Waals surface area contributed by atoms with Crippen molar-refractivity contribution in [2.24, 2.45) is 0 Å². The van der Waals surface area contributed by atoms with Crippen molar-refractivity contribution < 1.29 is 22.4 Å². The van der Waals surface area contributed by atoms with Crippen LogP contribution in [0.25, 0.3) is 0 Å². The highest BCUT2D eigenvalue weighted by molar-refractivity contribution is 7.83. The molecule has 0 spiro atoms. The predicted octanol–water partition coefficient (Wildman–Crippen LogP) is 1.83. The minimum atomic E-state index is -4.21. The largest absolute Gasteiger partial charge is 0.464 e. The first-order chi connectivity index (χ1) is 9.74. The Balaban J connectivity index is 2.18. The Hall–Kier alpha value is -0.860. The van der Waals surface area contributed by atoms with E-state index in [0.717, 1.165) is 11.1 Å².